The second kappa shape index (κ2) is 5.48. The highest BCUT2D eigenvalue weighted by Gasteiger charge is 2.27. The molecule has 17 heavy (non-hydrogen) atoms. The summed E-state index contributed by atoms with van der Waals surface area (Å²) < 4.78 is 0. The summed E-state index contributed by atoms with van der Waals surface area (Å²) in [5, 5.41) is 5.54. The Morgan fingerprint density at radius 2 is 2.06 bits per heavy atom. The van der Waals surface area contributed by atoms with Crippen LogP contribution < -0.4 is 5.32 Å². The summed E-state index contributed by atoms with van der Waals surface area (Å²) in [6.07, 6.45) is 1.22. The molecule has 0 saturated carbocycles. The Hall–Kier alpha value is -0.420. The maximum Gasteiger partial charge on any atom is 0.0346 e. The molecule has 2 aliphatic rings. The first kappa shape index (κ1) is 11.7. The molecule has 1 aromatic heterocycles. The molecule has 4 heteroatoms. The molecule has 0 radical (unpaired) electrons. The van der Waals surface area contributed by atoms with Crippen LogP contribution in [0.1, 0.15) is 4.88 Å². The number of rotatable bonds is 4. The fraction of sp³-hybridized carbons (Fsp3) is 0.692. The lowest BCUT2D eigenvalue weighted by atomic mass is 10.1. The summed E-state index contributed by atoms with van der Waals surface area (Å²) in [7, 11) is 0. The van der Waals surface area contributed by atoms with Crippen LogP contribution in [0.15, 0.2) is 17.5 Å². The second-order valence-corrected chi connectivity index (χ2v) is 6.05. The van der Waals surface area contributed by atoms with Gasteiger partial charge in [0.1, 0.15) is 0 Å². The third-order valence-corrected chi connectivity index (χ3v) is 4.87. The van der Waals surface area contributed by atoms with Crippen molar-refractivity contribution in [3.8, 4) is 0 Å². The third-order valence-electron chi connectivity index (χ3n) is 3.94. The van der Waals surface area contributed by atoms with E-state index in [0.29, 0.717) is 0 Å². The summed E-state index contributed by atoms with van der Waals surface area (Å²) >= 11 is 1.88. The van der Waals surface area contributed by atoms with E-state index in [-0.39, 0.29) is 0 Å². The molecule has 2 saturated heterocycles. The molecule has 0 amide bonds. The first-order valence-corrected chi connectivity index (χ1v) is 7.49. The van der Waals surface area contributed by atoms with Crippen LogP contribution in [-0.4, -0.2) is 61.7 Å². The van der Waals surface area contributed by atoms with E-state index in [0.717, 1.165) is 6.04 Å². The maximum absolute atomic E-state index is 3.36. The van der Waals surface area contributed by atoms with Crippen LogP contribution in [0.3, 0.4) is 0 Å². The van der Waals surface area contributed by atoms with Crippen molar-refractivity contribution in [2.75, 3.05) is 45.8 Å². The van der Waals surface area contributed by atoms with E-state index in [1.807, 2.05) is 11.3 Å². The molecule has 3 rings (SSSR count). The quantitative estimate of drug-likeness (QED) is 0.857. The maximum atomic E-state index is 3.36. The van der Waals surface area contributed by atoms with Crippen LogP contribution in [0.2, 0.25) is 0 Å². The summed E-state index contributed by atoms with van der Waals surface area (Å²) in [4.78, 5) is 6.79. The summed E-state index contributed by atoms with van der Waals surface area (Å²) in [5.41, 5.74) is 0. The number of hydrogen-bond donors (Lipinski definition) is 1. The molecule has 0 aliphatic carbocycles. The molecule has 1 aromatic rings. The van der Waals surface area contributed by atoms with Gasteiger partial charge in [0, 0.05) is 56.7 Å². The molecule has 94 valence electrons. The van der Waals surface area contributed by atoms with Crippen LogP contribution in [-0.2, 0) is 6.42 Å². The molecule has 3 nitrogen and oxygen atoms in total. The Morgan fingerprint density at radius 1 is 1.24 bits per heavy atom. The van der Waals surface area contributed by atoms with Gasteiger partial charge in [-0.25, -0.2) is 0 Å². The van der Waals surface area contributed by atoms with E-state index < -0.39 is 0 Å². The summed E-state index contributed by atoms with van der Waals surface area (Å²) in [6, 6.07) is 5.23. The summed E-state index contributed by atoms with van der Waals surface area (Å²) in [6.45, 7) is 8.67. The smallest absolute Gasteiger partial charge is 0.0346 e. The van der Waals surface area contributed by atoms with Gasteiger partial charge in [0.25, 0.3) is 0 Å². The fourth-order valence-corrected chi connectivity index (χ4v) is 3.31. The Morgan fingerprint density at radius 3 is 2.65 bits per heavy atom. The highest BCUT2D eigenvalue weighted by Crippen LogP contribution is 2.12. The van der Waals surface area contributed by atoms with Crippen molar-refractivity contribution < 1.29 is 0 Å². The number of piperazine rings is 1. The van der Waals surface area contributed by atoms with Gasteiger partial charge in [0.05, 0.1) is 0 Å². The van der Waals surface area contributed by atoms with Gasteiger partial charge in [-0.2, -0.15) is 0 Å². The SMILES string of the molecule is c1csc(CCN2CCN(C3CNC3)CC2)c1. The molecular weight excluding hydrogens is 230 g/mol. The van der Waals surface area contributed by atoms with Crippen molar-refractivity contribution in [3.63, 3.8) is 0 Å². The minimum atomic E-state index is 0.828. The Labute approximate surface area is 107 Å². The normalized spacial score (nSPS) is 23.8. The predicted octanol–water partition coefficient (Wildman–Crippen LogP) is 0.880. The molecule has 0 aromatic carbocycles. The topological polar surface area (TPSA) is 18.5 Å². The van der Waals surface area contributed by atoms with E-state index >= 15 is 0 Å². The standard InChI is InChI=1S/C13H21N3S/c1-2-13(17-9-1)3-4-15-5-7-16(8-6-15)12-10-14-11-12/h1-2,9,12,14H,3-8,10-11H2. The predicted molar refractivity (Wildman–Crippen MR) is 72.7 cm³/mol. The van der Waals surface area contributed by atoms with Gasteiger partial charge in [-0.05, 0) is 17.9 Å². The van der Waals surface area contributed by atoms with Crippen LogP contribution in [0.25, 0.3) is 0 Å². The molecular formula is C13H21N3S. The van der Waals surface area contributed by atoms with E-state index in [4.69, 9.17) is 0 Å². The lowest BCUT2D eigenvalue weighted by Gasteiger charge is -2.43. The van der Waals surface area contributed by atoms with Gasteiger partial charge in [-0.15, -0.1) is 11.3 Å². The van der Waals surface area contributed by atoms with Crippen LogP contribution >= 0.6 is 11.3 Å². The molecule has 0 spiro atoms. The van der Waals surface area contributed by atoms with Crippen LogP contribution in [0, 0.1) is 0 Å². The zero-order valence-corrected chi connectivity index (χ0v) is 11.1. The van der Waals surface area contributed by atoms with Gasteiger partial charge >= 0.3 is 0 Å². The van der Waals surface area contributed by atoms with Gasteiger partial charge < -0.3 is 10.2 Å². The van der Waals surface area contributed by atoms with Crippen LogP contribution in [0.5, 0.6) is 0 Å². The van der Waals surface area contributed by atoms with E-state index in [1.165, 1.54) is 57.1 Å². The van der Waals surface area contributed by atoms with Crippen molar-refractivity contribution in [2.45, 2.75) is 12.5 Å². The largest absolute Gasteiger partial charge is 0.314 e. The first-order valence-electron chi connectivity index (χ1n) is 6.61. The van der Waals surface area contributed by atoms with Crippen molar-refractivity contribution in [1.82, 2.24) is 15.1 Å². The minimum absolute atomic E-state index is 0.828. The van der Waals surface area contributed by atoms with E-state index in [9.17, 15) is 0 Å². The average molecular weight is 251 g/mol. The monoisotopic (exact) mass is 251 g/mol. The first-order chi connectivity index (χ1) is 8.42. The molecule has 0 unspecified atom stereocenters. The second-order valence-electron chi connectivity index (χ2n) is 5.02. The van der Waals surface area contributed by atoms with Crippen LogP contribution in [0.4, 0.5) is 0 Å². The average Bonchev–Trinajstić information content (AvgIpc) is 2.79. The minimum Gasteiger partial charge on any atom is -0.314 e. The summed E-state index contributed by atoms with van der Waals surface area (Å²) in [5.74, 6) is 0. The highest BCUT2D eigenvalue weighted by molar-refractivity contribution is 7.09. The number of nitrogens with zero attached hydrogens (tertiary/aromatic N) is 2. The van der Waals surface area contributed by atoms with Crippen molar-refractivity contribution in [3.05, 3.63) is 22.4 Å². The van der Waals surface area contributed by atoms with Gasteiger partial charge in [-0.3, -0.25) is 4.90 Å². The van der Waals surface area contributed by atoms with Crippen molar-refractivity contribution >= 4 is 11.3 Å². The Balaban J connectivity index is 1.39. The van der Waals surface area contributed by atoms with Gasteiger partial charge in [0.2, 0.25) is 0 Å². The zero-order chi connectivity index (χ0) is 11.5. The Kier molecular flexibility index (Phi) is 3.76. The molecule has 2 fully saturated rings. The lowest BCUT2D eigenvalue weighted by molar-refractivity contribution is 0.0735. The van der Waals surface area contributed by atoms with E-state index in [2.05, 4.69) is 32.6 Å². The molecule has 0 bridgehead atoms. The third kappa shape index (κ3) is 2.88. The fourth-order valence-electron chi connectivity index (χ4n) is 2.61. The number of hydrogen-bond acceptors (Lipinski definition) is 4. The lowest BCUT2D eigenvalue weighted by Crippen LogP contribution is -2.61. The molecule has 1 N–H and O–H groups in total. The van der Waals surface area contributed by atoms with E-state index in [1.54, 1.807) is 0 Å². The molecule has 3 heterocycles. The number of thiophene rings is 1. The molecule has 0 atom stereocenters. The number of nitrogens with one attached hydrogen (secondary N) is 1. The van der Waals surface area contributed by atoms with Crippen molar-refractivity contribution in [1.29, 1.82) is 0 Å². The Bertz CT molecular complexity index is 326. The van der Waals surface area contributed by atoms with Gasteiger partial charge in [0.15, 0.2) is 0 Å². The molecule has 2 aliphatic heterocycles. The highest BCUT2D eigenvalue weighted by atomic mass is 32.1. The zero-order valence-electron chi connectivity index (χ0n) is 10.3. The van der Waals surface area contributed by atoms with Gasteiger partial charge in [-0.1, -0.05) is 6.07 Å². The van der Waals surface area contributed by atoms with Crippen molar-refractivity contribution in [2.24, 2.45) is 0 Å².